The first-order valence-electron chi connectivity index (χ1n) is 8.44. The van der Waals surface area contributed by atoms with Crippen molar-refractivity contribution in [1.82, 2.24) is 10.2 Å². The molecule has 4 heteroatoms. The largest absolute Gasteiger partial charge is 0.351 e. The van der Waals surface area contributed by atoms with Gasteiger partial charge in [0.25, 0.3) is 0 Å². The molecule has 2 aromatic carbocycles. The van der Waals surface area contributed by atoms with Gasteiger partial charge in [0.1, 0.15) is 6.04 Å². The molecule has 4 rings (SSSR count). The first-order valence-corrected chi connectivity index (χ1v) is 8.44. The maximum absolute atomic E-state index is 12.9. The van der Waals surface area contributed by atoms with Crippen LogP contribution < -0.4 is 5.32 Å². The fourth-order valence-corrected chi connectivity index (χ4v) is 3.29. The van der Waals surface area contributed by atoms with E-state index >= 15 is 0 Å². The third-order valence-electron chi connectivity index (χ3n) is 4.69. The third-order valence-corrected chi connectivity index (χ3v) is 4.69. The second-order valence-corrected chi connectivity index (χ2v) is 6.57. The van der Waals surface area contributed by atoms with Gasteiger partial charge in [0, 0.05) is 12.6 Å². The van der Waals surface area contributed by atoms with E-state index in [0.29, 0.717) is 13.0 Å². The van der Waals surface area contributed by atoms with Crippen molar-refractivity contribution in [2.24, 2.45) is 0 Å². The smallest absolute Gasteiger partial charge is 0.247 e. The topological polar surface area (TPSA) is 49.4 Å². The zero-order valence-electron chi connectivity index (χ0n) is 13.4. The molecule has 0 saturated heterocycles. The van der Waals surface area contributed by atoms with Gasteiger partial charge in [-0.15, -0.1) is 0 Å². The highest BCUT2D eigenvalue weighted by Gasteiger charge is 2.38. The van der Waals surface area contributed by atoms with Crippen LogP contribution in [0, 0.1) is 0 Å². The van der Waals surface area contributed by atoms with Crippen molar-refractivity contribution in [1.29, 1.82) is 0 Å². The van der Waals surface area contributed by atoms with Gasteiger partial charge in [0.2, 0.25) is 11.8 Å². The van der Waals surface area contributed by atoms with E-state index in [1.54, 1.807) is 4.90 Å². The van der Waals surface area contributed by atoms with Gasteiger partial charge < -0.3 is 10.2 Å². The number of nitrogens with one attached hydrogen (secondary N) is 1. The highest BCUT2D eigenvalue weighted by Crippen LogP contribution is 2.33. The molecular weight excluding hydrogens is 300 g/mol. The number of carbonyl (C=O) groups is 2. The highest BCUT2D eigenvalue weighted by molar-refractivity contribution is 5.92. The minimum Gasteiger partial charge on any atom is -0.351 e. The molecule has 2 aromatic rings. The van der Waals surface area contributed by atoms with Crippen LogP contribution in [0.3, 0.4) is 0 Å². The molecule has 1 atom stereocenters. The fraction of sp³-hybridized carbons (Fsp3) is 0.300. The Hall–Kier alpha value is -2.62. The summed E-state index contributed by atoms with van der Waals surface area (Å²) in [6.45, 7) is 0.455. The Labute approximate surface area is 141 Å². The van der Waals surface area contributed by atoms with Gasteiger partial charge >= 0.3 is 0 Å². The van der Waals surface area contributed by atoms with E-state index in [1.165, 1.54) is 0 Å². The predicted molar refractivity (Wildman–Crippen MR) is 91.0 cm³/mol. The highest BCUT2D eigenvalue weighted by atomic mass is 16.2. The molecule has 2 aliphatic rings. The number of benzene rings is 2. The van der Waals surface area contributed by atoms with Crippen LogP contribution in [0.5, 0.6) is 0 Å². The second-order valence-electron chi connectivity index (χ2n) is 6.57. The zero-order valence-corrected chi connectivity index (χ0v) is 13.4. The Kier molecular flexibility index (Phi) is 3.81. The maximum atomic E-state index is 12.9. The number of hydrogen-bond acceptors (Lipinski definition) is 2. The molecule has 0 bridgehead atoms. The molecule has 0 aromatic heterocycles. The van der Waals surface area contributed by atoms with E-state index in [0.717, 1.165) is 29.5 Å². The quantitative estimate of drug-likeness (QED) is 0.941. The first-order chi connectivity index (χ1) is 11.7. The molecule has 2 amide bonds. The number of fused-ring (bicyclic) bond motifs is 1. The summed E-state index contributed by atoms with van der Waals surface area (Å²) >= 11 is 0. The van der Waals surface area contributed by atoms with Gasteiger partial charge in [-0.25, -0.2) is 0 Å². The Balaban J connectivity index is 1.69. The van der Waals surface area contributed by atoms with Gasteiger partial charge in [0.05, 0.1) is 6.42 Å². The molecule has 0 spiro atoms. The molecule has 1 heterocycles. The lowest BCUT2D eigenvalue weighted by Gasteiger charge is -2.36. The lowest BCUT2D eigenvalue weighted by Crippen LogP contribution is -2.47. The number of hydrogen-bond donors (Lipinski definition) is 1. The lowest BCUT2D eigenvalue weighted by atomic mass is 9.91. The van der Waals surface area contributed by atoms with Crippen molar-refractivity contribution in [3.63, 3.8) is 0 Å². The van der Waals surface area contributed by atoms with Crippen LogP contribution in [0.1, 0.15) is 35.6 Å². The number of rotatable bonds is 4. The molecule has 122 valence electrons. The van der Waals surface area contributed by atoms with E-state index in [-0.39, 0.29) is 17.9 Å². The monoisotopic (exact) mass is 320 g/mol. The summed E-state index contributed by atoms with van der Waals surface area (Å²) in [5.74, 6) is -0.0533. The minimum absolute atomic E-state index is 0.00787. The predicted octanol–water partition coefficient (Wildman–Crippen LogP) is 2.59. The fourth-order valence-electron chi connectivity index (χ4n) is 3.29. The van der Waals surface area contributed by atoms with Crippen molar-refractivity contribution in [3.8, 4) is 0 Å². The SMILES string of the molecule is O=C(NC1CC1)C1c2ccccc2CC(=O)N1Cc1ccccc1. The molecule has 0 radical (unpaired) electrons. The Morgan fingerprint density at radius 2 is 1.75 bits per heavy atom. The summed E-state index contributed by atoms with van der Waals surface area (Å²) in [6.07, 6.45) is 2.43. The molecule has 1 aliphatic carbocycles. The third kappa shape index (κ3) is 2.92. The molecular formula is C20H20N2O2. The van der Waals surface area contributed by atoms with Crippen molar-refractivity contribution >= 4 is 11.8 Å². The summed E-state index contributed by atoms with van der Waals surface area (Å²) < 4.78 is 0. The minimum atomic E-state index is -0.539. The normalized spacial score (nSPS) is 19.8. The summed E-state index contributed by atoms with van der Waals surface area (Å²) in [7, 11) is 0. The van der Waals surface area contributed by atoms with Crippen LogP contribution in [0.15, 0.2) is 54.6 Å². The van der Waals surface area contributed by atoms with Gasteiger partial charge in [-0.2, -0.15) is 0 Å². The molecule has 1 unspecified atom stereocenters. The van der Waals surface area contributed by atoms with Crippen LogP contribution in [0.25, 0.3) is 0 Å². The summed E-state index contributed by atoms with van der Waals surface area (Å²) in [5.41, 5.74) is 2.95. The Morgan fingerprint density at radius 3 is 2.50 bits per heavy atom. The Bertz CT molecular complexity index is 768. The summed E-state index contributed by atoms with van der Waals surface area (Å²) in [4.78, 5) is 27.3. The van der Waals surface area contributed by atoms with Gasteiger partial charge in [0.15, 0.2) is 0 Å². The lowest BCUT2D eigenvalue weighted by molar-refractivity contribution is -0.142. The van der Waals surface area contributed by atoms with Crippen LogP contribution in [0.4, 0.5) is 0 Å². The van der Waals surface area contributed by atoms with Gasteiger partial charge in [-0.05, 0) is 29.5 Å². The average Bonchev–Trinajstić information content (AvgIpc) is 3.40. The van der Waals surface area contributed by atoms with E-state index in [9.17, 15) is 9.59 Å². The zero-order chi connectivity index (χ0) is 16.5. The molecule has 1 fully saturated rings. The van der Waals surface area contributed by atoms with E-state index in [1.807, 2.05) is 54.6 Å². The molecule has 1 N–H and O–H groups in total. The van der Waals surface area contributed by atoms with E-state index in [4.69, 9.17) is 0 Å². The molecule has 24 heavy (non-hydrogen) atoms. The molecule has 1 aliphatic heterocycles. The number of amides is 2. The number of nitrogens with zero attached hydrogens (tertiary/aromatic N) is 1. The second kappa shape index (κ2) is 6.11. The summed E-state index contributed by atoms with van der Waals surface area (Å²) in [6, 6.07) is 17.4. The van der Waals surface area contributed by atoms with Crippen LogP contribution in [-0.4, -0.2) is 22.8 Å². The molecule has 1 saturated carbocycles. The van der Waals surface area contributed by atoms with Crippen molar-refractivity contribution in [3.05, 3.63) is 71.3 Å². The van der Waals surface area contributed by atoms with Crippen molar-refractivity contribution < 1.29 is 9.59 Å². The van der Waals surface area contributed by atoms with E-state index < -0.39 is 6.04 Å². The van der Waals surface area contributed by atoms with E-state index in [2.05, 4.69) is 5.32 Å². The standard InChI is InChI=1S/C20H20N2O2/c23-18-12-15-8-4-5-9-17(15)19(20(24)21-16-10-11-16)22(18)13-14-6-2-1-3-7-14/h1-9,16,19H,10-13H2,(H,21,24). The van der Waals surface area contributed by atoms with Gasteiger partial charge in [-0.1, -0.05) is 54.6 Å². The average molecular weight is 320 g/mol. The van der Waals surface area contributed by atoms with Crippen LogP contribution in [-0.2, 0) is 22.6 Å². The first kappa shape index (κ1) is 14.9. The Morgan fingerprint density at radius 1 is 1.04 bits per heavy atom. The van der Waals surface area contributed by atoms with Crippen molar-refractivity contribution in [2.45, 2.75) is 37.9 Å². The van der Waals surface area contributed by atoms with Gasteiger partial charge in [-0.3, -0.25) is 9.59 Å². The van der Waals surface area contributed by atoms with Crippen LogP contribution in [0.2, 0.25) is 0 Å². The van der Waals surface area contributed by atoms with Crippen molar-refractivity contribution in [2.75, 3.05) is 0 Å². The maximum Gasteiger partial charge on any atom is 0.247 e. The summed E-state index contributed by atoms with van der Waals surface area (Å²) in [5, 5.41) is 3.07. The van der Waals surface area contributed by atoms with Crippen LogP contribution >= 0.6 is 0 Å². The number of carbonyl (C=O) groups excluding carboxylic acids is 2. The molecule has 4 nitrogen and oxygen atoms in total.